The minimum absolute atomic E-state index is 0.151. The van der Waals surface area contributed by atoms with Crippen LogP contribution in [0.5, 0.6) is 5.88 Å². The van der Waals surface area contributed by atoms with E-state index in [0.29, 0.717) is 53.3 Å². The van der Waals surface area contributed by atoms with Crippen molar-refractivity contribution in [3.05, 3.63) is 135 Å². The van der Waals surface area contributed by atoms with Gasteiger partial charge in [0.05, 0.1) is 18.3 Å². The Labute approximate surface area is 306 Å². The number of allylic oxidation sites excluding steroid dienone is 2. The first-order valence-corrected chi connectivity index (χ1v) is 18.2. The monoisotopic (exact) mass is 717 g/mol. The molecule has 3 aliphatic rings. The van der Waals surface area contributed by atoms with Crippen molar-refractivity contribution in [2.24, 2.45) is 5.92 Å². The molecule has 3 aromatic carbocycles. The molecule has 1 fully saturated rings. The number of rotatable bonds is 9. The SMILES string of the molecule is CC1CC=CN2C(=C1c1ccccc1)c1c(C(=O)Nc3cccnc3OCCCN3CCCC3=O)[nH]c3cc(Cl)cc(c13)C2c1ccc(Cl)cc1. The van der Waals surface area contributed by atoms with Crippen LogP contribution in [-0.4, -0.2) is 51.3 Å². The van der Waals surface area contributed by atoms with Crippen LogP contribution in [0.15, 0.2) is 97.3 Å². The predicted octanol–water partition coefficient (Wildman–Crippen LogP) is 9.34. The van der Waals surface area contributed by atoms with E-state index in [1.165, 1.54) is 0 Å². The molecule has 0 radical (unpaired) electrons. The van der Waals surface area contributed by atoms with Crippen LogP contribution < -0.4 is 10.1 Å². The highest BCUT2D eigenvalue weighted by atomic mass is 35.5. The van der Waals surface area contributed by atoms with Gasteiger partial charge < -0.3 is 24.8 Å². The molecule has 1 saturated heterocycles. The van der Waals surface area contributed by atoms with Crippen molar-refractivity contribution < 1.29 is 14.3 Å². The number of carbonyl (C=O) groups is 2. The number of fused-ring (bicyclic) bond motifs is 2. The Morgan fingerprint density at radius 2 is 1.86 bits per heavy atom. The number of pyridine rings is 1. The fraction of sp³-hybridized carbons (Fsp3) is 0.244. The number of hydrogen-bond acceptors (Lipinski definition) is 5. The zero-order chi connectivity index (χ0) is 35.1. The van der Waals surface area contributed by atoms with Gasteiger partial charge in [-0.25, -0.2) is 4.98 Å². The molecule has 258 valence electrons. The Kier molecular flexibility index (Phi) is 9.04. The largest absolute Gasteiger partial charge is 0.476 e. The molecule has 51 heavy (non-hydrogen) atoms. The molecule has 5 aromatic rings. The van der Waals surface area contributed by atoms with Crippen molar-refractivity contribution in [2.75, 3.05) is 25.0 Å². The van der Waals surface area contributed by atoms with Crippen molar-refractivity contribution in [3.8, 4) is 5.88 Å². The van der Waals surface area contributed by atoms with Gasteiger partial charge in [-0.3, -0.25) is 9.59 Å². The summed E-state index contributed by atoms with van der Waals surface area (Å²) in [5.41, 5.74) is 7.72. The fourth-order valence-electron chi connectivity index (χ4n) is 7.70. The highest BCUT2D eigenvalue weighted by molar-refractivity contribution is 6.32. The molecule has 0 bridgehead atoms. The molecule has 2 aromatic heterocycles. The summed E-state index contributed by atoms with van der Waals surface area (Å²) >= 11 is 13.2. The molecule has 5 heterocycles. The quantitative estimate of drug-likeness (QED) is 0.148. The lowest BCUT2D eigenvalue weighted by atomic mass is 9.82. The third-order valence-corrected chi connectivity index (χ3v) is 10.4. The van der Waals surface area contributed by atoms with E-state index in [0.717, 1.165) is 63.8 Å². The van der Waals surface area contributed by atoms with Crippen LogP contribution in [0.25, 0.3) is 22.2 Å². The number of ether oxygens (including phenoxy) is 1. The third-order valence-electron chi connectivity index (χ3n) is 9.96. The molecule has 0 aliphatic carbocycles. The van der Waals surface area contributed by atoms with Gasteiger partial charge in [-0.2, -0.15) is 0 Å². The van der Waals surface area contributed by atoms with Crippen LogP contribution in [0, 0.1) is 5.92 Å². The second-order valence-corrected chi connectivity index (χ2v) is 14.2. The van der Waals surface area contributed by atoms with Crippen LogP contribution in [0.1, 0.15) is 71.4 Å². The lowest BCUT2D eigenvalue weighted by Gasteiger charge is -2.39. The van der Waals surface area contributed by atoms with Crippen LogP contribution in [0.4, 0.5) is 5.69 Å². The number of aromatic nitrogens is 2. The van der Waals surface area contributed by atoms with E-state index in [1.807, 2.05) is 35.2 Å². The number of hydrogen-bond donors (Lipinski definition) is 2. The lowest BCUT2D eigenvalue weighted by Crippen LogP contribution is -2.29. The van der Waals surface area contributed by atoms with Crippen LogP contribution >= 0.6 is 23.2 Å². The maximum absolute atomic E-state index is 14.6. The predicted molar refractivity (Wildman–Crippen MR) is 203 cm³/mol. The number of carbonyl (C=O) groups excluding carboxylic acids is 2. The number of likely N-dealkylation sites (tertiary alicyclic amines) is 1. The van der Waals surface area contributed by atoms with E-state index in [4.69, 9.17) is 27.9 Å². The second kappa shape index (κ2) is 13.9. The van der Waals surface area contributed by atoms with E-state index >= 15 is 0 Å². The zero-order valence-electron chi connectivity index (χ0n) is 28.2. The number of nitrogens with one attached hydrogen (secondary N) is 2. The Morgan fingerprint density at radius 3 is 2.65 bits per heavy atom. The summed E-state index contributed by atoms with van der Waals surface area (Å²) in [5.74, 6) is 0.342. The van der Waals surface area contributed by atoms with Gasteiger partial charge in [0.2, 0.25) is 11.8 Å². The summed E-state index contributed by atoms with van der Waals surface area (Å²) in [4.78, 5) is 38.7. The van der Waals surface area contributed by atoms with Crippen molar-refractivity contribution in [2.45, 2.75) is 38.6 Å². The number of anilines is 1. The average Bonchev–Trinajstić information content (AvgIpc) is 3.67. The number of benzene rings is 3. The van der Waals surface area contributed by atoms with Gasteiger partial charge in [0.15, 0.2) is 0 Å². The minimum Gasteiger partial charge on any atom is -0.476 e. The molecule has 0 saturated carbocycles. The summed E-state index contributed by atoms with van der Waals surface area (Å²) in [7, 11) is 0. The average molecular weight is 719 g/mol. The minimum atomic E-state index is -0.325. The van der Waals surface area contributed by atoms with Crippen LogP contribution in [-0.2, 0) is 4.79 Å². The fourth-order valence-corrected chi connectivity index (χ4v) is 8.05. The summed E-state index contributed by atoms with van der Waals surface area (Å²) in [6.07, 6.45) is 9.00. The molecule has 2 N–H and O–H groups in total. The zero-order valence-corrected chi connectivity index (χ0v) is 29.7. The second-order valence-electron chi connectivity index (χ2n) is 13.3. The van der Waals surface area contributed by atoms with E-state index in [2.05, 4.69) is 75.8 Å². The molecule has 8 nitrogen and oxygen atoms in total. The van der Waals surface area contributed by atoms with Crippen molar-refractivity contribution in [3.63, 3.8) is 0 Å². The van der Waals surface area contributed by atoms with Gasteiger partial charge in [-0.1, -0.05) is 78.7 Å². The Hall–Kier alpha value is -5.05. The Morgan fingerprint density at radius 1 is 1.04 bits per heavy atom. The van der Waals surface area contributed by atoms with Crippen molar-refractivity contribution in [1.29, 1.82) is 0 Å². The Bertz CT molecular complexity index is 2190. The van der Waals surface area contributed by atoms with Gasteiger partial charge >= 0.3 is 0 Å². The number of nitrogens with zero attached hydrogens (tertiary/aromatic N) is 3. The summed E-state index contributed by atoms with van der Waals surface area (Å²) in [6.45, 7) is 4.02. The lowest BCUT2D eigenvalue weighted by molar-refractivity contribution is -0.127. The maximum atomic E-state index is 14.6. The number of H-pyrrole nitrogens is 1. The standard InChI is InChI=1S/C41H37Cl2N5O3/c1-25-9-6-21-48-38(27-14-16-28(42)17-15-27)30-23-29(43)24-32-35(30)36(39(48)34(25)26-10-3-2-4-11-26)37(45-32)40(50)46-31-12-5-18-44-41(31)51-22-8-20-47-19-7-13-33(47)49/h2-6,10-12,14-18,21,23-25,38,45H,7-9,13,19-20,22H2,1H3,(H,46,50). The first kappa shape index (κ1) is 33.1. The van der Waals surface area contributed by atoms with Crippen LogP contribution in [0.3, 0.4) is 0 Å². The first-order chi connectivity index (χ1) is 24.9. The van der Waals surface area contributed by atoms with E-state index < -0.39 is 0 Å². The van der Waals surface area contributed by atoms with Crippen molar-refractivity contribution >= 4 is 62.9 Å². The van der Waals surface area contributed by atoms with Gasteiger partial charge in [0, 0.05) is 58.4 Å². The van der Waals surface area contributed by atoms with Gasteiger partial charge in [-0.15, -0.1) is 0 Å². The van der Waals surface area contributed by atoms with E-state index in [1.54, 1.807) is 18.3 Å². The van der Waals surface area contributed by atoms with E-state index in [-0.39, 0.29) is 23.8 Å². The van der Waals surface area contributed by atoms with E-state index in [9.17, 15) is 9.59 Å². The molecule has 3 aliphatic heterocycles. The molecule has 2 unspecified atom stereocenters. The summed E-state index contributed by atoms with van der Waals surface area (Å²) < 4.78 is 6.07. The number of halogens is 2. The number of amides is 2. The molecule has 2 amide bonds. The van der Waals surface area contributed by atoms with Crippen molar-refractivity contribution in [1.82, 2.24) is 19.8 Å². The van der Waals surface area contributed by atoms with Gasteiger partial charge in [-0.05, 0) is 83.8 Å². The smallest absolute Gasteiger partial charge is 0.272 e. The highest BCUT2D eigenvalue weighted by Gasteiger charge is 2.39. The molecular formula is C41H37Cl2N5O3. The third kappa shape index (κ3) is 6.28. The van der Waals surface area contributed by atoms with Gasteiger partial charge in [0.1, 0.15) is 11.4 Å². The normalized spacial score (nSPS) is 18.3. The summed E-state index contributed by atoms with van der Waals surface area (Å²) in [5, 5.41) is 5.28. The molecule has 2 atom stereocenters. The summed E-state index contributed by atoms with van der Waals surface area (Å²) in [6, 6.07) is 25.6. The topological polar surface area (TPSA) is 90.6 Å². The maximum Gasteiger partial charge on any atom is 0.272 e. The Balaban J connectivity index is 1.24. The molecular weight excluding hydrogens is 681 g/mol. The van der Waals surface area contributed by atoms with Gasteiger partial charge in [0.25, 0.3) is 5.91 Å². The molecule has 0 spiro atoms. The highest BCUT2D eigenvalue weighted by Crippen LogP contribution is 2.52. The number of aromatic amines is 1. The first-order valence-electron chi connectivity index (χ1n) is 17.4. The molecule has 10 heteroatoms. The molecule has 8 rings (SSSR count). The van der Waals surface area contributed by atoms with Crippen LogP contribution in [0.2, 0.25) is 10.0 Å².